The van der Waals surface area contributed by atoms with Crippen LogP contribution < -0.4 is 5.73 Å². The van der Waals surface area contributed by atoms with Gasteiger partial charge < -0.3 is 5.73 Å². The summed E-state index contributed by atoms with van der Waals surface area (Å²) in [4.78, 5) is 4.88. The maximum atomic E-state index is 6.10. The van der Waals surface area contributed by atoms with Crippen LogP contribution in [0, 0.1) is 6.92 Å². The zero-order valence-corrected chi connectivity index (χ0v) is 14.1. The van der Waals surface area contributed by atoms with Crippen LogP contribution in [0.5, 0.6) is 0 Å². The number of nitrogens with zero attached hydrogens (tertiary/aromatic N) is 1. The molecule has 0 radical (unpaired) electrons. The summed E-state index contributed by atoms with van der Waals surface area (Å²) >= 11 is 0. The third-order valence-corrected chi connectivity index (χ3v) is 3.67. The van der Waals surface area contributed by atoms with Crippen molar-refractivity contribution < 1.29 is 0 Å². The Morgan fingerprint density at radius 2 is 1.83 bits per heavy atom. The third-order valence-electron chi connectivity index (χ3n) is 3.67. The molecule has 0 fully saturated rings. The van der Waals surface area contributed by atoms with Crippen molar-refractivity contribution >= 4 is 17.1 Å². The fourth-order valence-electron chi connectivity index (χ4n) is 2.40. The fourth-order valence-corrected chi connectivity index (χ4v) is 2.40. The summed E-state index contributed by atoms with van der Waals surface area (Å²) in [6.45, 7) is 6.14. The number of benzene rings is 2. The minimum Gasteiger partial charge on any atom is -0.397 e. The van der Waals surface area contributed by atoms with Crippen molar-refractivity contribution in [3.05, 3.63) is 83.5 Å². The third kappa shape index (κ3) is 4.68. The molecule has 23 heavy (non-hydrogen) atoms. The molecule has 2 nitrogen and oxygen atoms in total. The Morgan fingerprint density at radius 1 is 1.09 bits per heavy atom. The first-order valence-corrected chi connectivity index (χ1v) is 7.91. The number of anilines is 1. The molecule has 118 valence electrons. The Labute approximate surface area is 139 Å². The monoisotopic (exact) mass is 304 g/mol. The molecule has 0 saturated carbocycles. The van der Waals surface area contributed by atoms with Gasteiger partial charge in [0, 0.05) is 6.42 Å². The van der Waals surface area contributed by atoms with Gasteiger partial charge in [-0.25, -0.2) is 0 Å². The van der Waals surface area contributed by atoms with E-state index in [4.69, 9.17) is 10.7 Å². The molecule has 0 bridgehead atoms. The molecule has 0 unspecified atom stereocenters. The molecular formula is C21H24N2. The van der Waals surface area contributed by atoms with E-state index in [9.17, 15) is 0 Å². The zero-order valence-electron chi connectivity index (χ0n) is 14.1. The zero-order chi connectivity index (χ0) is 16.7. The predicted molar refractivity (Wildman–Crippen MR) is 101 cm³/mol. The topological polar surface area (TPSA) is 38.4 Å². The molecule has 0 saturated heterocycles. The molecule has 0 atom stereocenters. The summed E-state index contributed by atoms with van der Waals surface area (Å²) < 4.78 is 0. The first-order chi connectivity index (χ1) is 11.1. The number of aliphatic imine (C=N–C) groups is 1. The lowest BCUT2D eigenvalue weighted by molar-refractivity contribution is 1.29. The standard InChI is InChI=1S/C21H24N2/c1-4-9-17(5-2)15-20(18-10-7-6-8-11-18)23-21-14-16(3)12-13-19(21)22/h4-14H,15,22H2,1-3H3/b9-4-,17-5+,23-20?. The van der Waals surface area contributed by atoms with E-state index in [2.05, 4.69) is 44.2 Å². The number of hydrogen-bond acceptors (Lipinski definition) is 2. The van der Waals surface area contributed by atoms with E-state index in [1.807, 2.05) is 43.3 Å². The van der Waals surface area contributed by atoms with Crippen LogP contribution in [0.3, 0.4) is 0 Å². The molecule has 2 aromatic rings. The highest BCUT2D eigenvalue weighted by atomic mass is 14.8. The molecule has 2 rings (SSSR count). The molecule has 0 amide bonds. The fraction of sp³-hybridized carbons (Fsp3) is 0.190. The molecule has 0 aromatic heterocycles. The Kier molecular flexibility index (Phi) is 5.93. The van der Waals surface area contributed by atoms with Gasteiger partial charge in [-0.2, -0.15) is 0 Å². The van der Waals surface area contributed by atoms with E-state index < -0.39 is 0 Å². The van der Waals surface area contributed by atoms with Gasteiger partial charge in [-0.1, -0.05) is 54.6 Å². The van der Waals surface area contributed by atoms with Crippen molar-refractivity contribution in [3.8, 4) is 0 Å². The number of nitrogens with two attached hydrogens (primary N) is 1. The summed E-state index contributed by atoms with van der Waals surface area (Å²) in [6, 6.07) is 16.2. The smallest absolute Gasteiger partial charge is 0.0865 e. The van der Waals surface area contributed by atoms with Gasteiger partial charge in [-0.15, -0.1) is 0 Å². The van der Waals surface area contributed by atoms with Crippen molar-refractivity contribution in [3.63, 3.8) is 0 Å². The van der Waals surface area contributed by atoms with E-state index >= 15 is 0 Å². The van der Waals surface area contributed by atoms with Crippen LogP contribution in [0.1, 0.15) is 31.4 Å². The number of aryl methyl sites for hydroxylation is 1. The molecule has 2 N–H and O–H groups in total. The highest BCUT2D eigenvalue weighted by Crippen LogP contribution is 2.25. The first kappa shape index (κ1) is 16.8. The van der Waals surface area contributed by atoms with Gasteiger partial charge in [-0.3, -0.25) is 4.99 Å². The average Bonchev–Trinajstić information content (AvgIpc) is 2.57. The number of rotatable bonds is 5. The van der Waals surface area contributed by atoms with E-state index in [0.717, 1.165) is 28.9 Å². The van der Waals surface area contributed by atoms with Gasteiger partial charge in [0.25, 0.3) is 0 Å². The molecule has 2 aromatic carbocycles. The van der Waals surface area contributed by atoms with Crippen molar-refractivity contribution in [1.82, 2.24) is 0 Å². The molecule has 2 heteroatoms. The second-order valence-corrected chi connectivity index (χ2v) is 5.53. The summed E-state index contributed by atoms with van der Waals surface area (Å²) in [5.41, 5.74) is 12.2. The van der Waals surface area contributed by atoms with Gasteiger partial charge in [0.2, 0.25) is 0 Å². The number of nitrogen functional groups attached to an aromatic ring is 1. The van der Waals surface area contributed by atoms with Crippen LogP contribution >= 0.6 is 0 Å². The normalized spacial score (nSPS) is 12.8. The van der Waals surface area contributed by atoms with Gasteiger partial charge >= 0.3 is 0 Å². The molecule has 0 aliphatic carbocycles. The van der Waals surface area contributed by atoms with Crippen LogP contribution in [-0.4, -0.2) is 5.71 Å². The minimum atomic E-state index is 0.706. The largest absolute Gasteiger partial charge is 0.397 e. The first-order valence-electron chi connectivity index (χ1n) is 7.91. The minimum absolute atomic E-state index is 0.706. The van der Waals surface area contributed by atoms with Crippen LogP contribution in [0.15, 0.2) is 77.3 Å². The van der Waals surface area contributed by atoms with Crippen LogP contribution in [-0.2, 0) is 0 Å². The second kappa shape index (κ2) is 8.14. The molecule has 0 aliphatic rings. The van der Waals surface area contributed by atoms with Crippen molar-refractivity contribution in [2.24, 2.45) is 4.99 Å². The summed E-state index contributed by atoms with van der Waals surface area (Å²) in [5.74, 6) is 0. The molecule has 0 spiro atoms. The maximum absolute atomic E-state index is 6.10. The maximum Gasteiger partial charge on any atom is 0.0865 e. The van der Waals surface area contributed by atoms with Gasteiger partial charge in [0.15, 0.2) is 0 Å². The predicted octanol–water partition coefficient (Wildman–Crippen LogP) is 5.61. The van der Waals surface area contributed by atoms with Gasteiger partial charge in [0.1, 0.15) is 0 Å². The number of hydrogen-bond donors (Lipinski definition) is 1. The molecule has 0 aliphatic heterocycles. The highest BCUT2D eigenvalue weighted by Gasteiger charge is 2.07. The summed E-state index contributed by atoms with van der Waals surface area (Å²) in [5, 5.41) is 0. The van der Waals surface area contributed by atoms with E-state index in [-0.39, 0.29) is 0 Å². The molecule has 0 heterocycles. The lowest BCUT2D eigenvalue weighted by atomic mass is 10.0. The quantitative estimate of drug-likeness (QED) is 0.435. The SMILES string of the molecule is C/C=C\C(=C/C)CC(=Nc1cc(C)ccc1N)c1ccccc1. The lowest BCUT2D eigenvalue weighted by Crippen LogP contribution is -2.02. The van der Waals surface area contributed by atoms with Crippen LogP contribution in [0.4, 0.5) is 11.4 Å². The Hall–Kier alpha value is -2.61. The second-order valence-electron chi connectivity index (χ2n) is 5.53. The average molecular weight is 304 g/mol. The van der Waals surface area contributed by atoms with Gasteiger partial charge in [0.05, 0.1) is 17.1 Å². The van der Waals surface area contributed by atoms with E-state index in [0.29, 0.717) is 5.69 Å². The Morgan fingerprint density at radius 3 is 2.48 bits per heavy atom. The molecular weight excluding hydrogens is 280 g/mol. The van der Waals surface area contributed by atoms with Crippen LogP contribution in [0.25, 0.3) is 0 Å². The van der Waals surface area contributed by atoms with E-state index in [1.165, 1.54) is 5.57 Å². The van der Waals surface area contributed by atoms with Crippen molar-refractivity contribution in [2.45, 2.75) is 27.2 Å². The highest BCUT2D eigenvalue weighted by molar-refractivity contribution is 6.04. The van der Waals surface area contributed by atoms with Crippen LogP contribution in [0.2, 0.25) is 0 Å². The van der Waals surface area contributed by atoms with Gasteiger partial charge in [-0.05, 0) is 49.6 Å². The lowest BCUT2D eigenvalue weighted by Gasteiger charge is -2.10. The van der Waals surface area contributed by atoms with E-state index in [1.54, 1.807) is 0 Å². The van der Waals surface area contributed by atoms with Crippen molar-refractivity contribution in [1.29, 1.82) is 0 Å². The number of allylic oxidation sites excluding steroid dienone is 4. The van der Waals surface area contributed by atoms with Crippen molar-refractivity contribution in [2.75, 3.05) is 5.73 Å². The summed E-state index contributed by atoms with van der Waals surface area (Å²) in [6.07, 6.45) is 7.08. The summed E-state index contributed by atoms with van der Waals surface area (Å²) in [7, 11) is 0. The Balaban J connectivity index is 2.49. The Bertz CT molecular complexity index is 738.